The van der Waals surface area contributed by atoms with Gasteiger partial charge in [0.25, 0.3) is 0 Å². The second-order valence-electron chi connectivity index (χ2n) is 3.58. The number of benzene rings is 1. The highest BCUT2D eigenvalue weighted by Gasteiger charge is 2.15. The molecule has 0 bridgehead atoms. The summed E-state index contributed by atoms with van der Waals surface area (Å²) in [6, 6.07) is 6.43. The first-order valence-electron chi connectivity index (χ1n) is 4.71. The van der Waals surface area contributed by atoms with Crippen LogP contribution in [0, 0.1) is 0 Å². The minimum absolute atomic E-state index is 0.619. The number of anilines is 1. The van der Waals surface area contributed by atoms with Gasteiger partial charge in [-0.25, -0.2) is 0 Å². The number of aryl methyl sites for hydroxylation is 1. The molecule has 0 saturated carbocycles. The molecule has 1 aromatic carbocycles. The predicted octanol–water partition coefficient (Wildman–Crippen LogP) is 2.81. The molecule has 2 rings (SSSR count). The molecule has 70 valence electrons. The Kier molecular flexibility index (Phi) is 2.45. The Balaban J connectivity index is 2.50. The van der Waals surface area contributed by atoms with Gasteiger partial charge < -0.3 is 4.90 Å². The molecule has 0 amide bonds. The minimum Gasteiger partial charge on any atom is -0.374 e. The summed E-state index contributed by atoms with van der Waals surface area (Å²) < 4.78 is 0. The number of para-hydroxylation sites is 1. The highest BCUT2D eigenvalue weighted by atomic mass is 35.5. The molecule has 0 unspecified atom stereocenters. The number of alkyl halides is 1. The van der Waals surface area contributed by atoms with Crippen LogP contribution in [0.15, 0.2) is 18.2 Å². The van der Waals surface area contributed by atoms with Crippen molar-refractivity contribution >= 4 is 17.3 Å². The molecule has 0 radical (unpaired) electrons. The molecule has 0 saturated heterocycles. The number of nitrogens with zero attached hydrogens (tertiary/aromatic N) is 1. The molecular formula is C11H14ClN. The first-order valence-corrected chi connectivity index (χ1v) is 5.24. The van der Waals surface area contributed by atoms with E-state index in [9.17, 15) is 0 Å². The van der Waals surface area contributed by atoms with Crippen LogP contribution < -0.4 is 4.90 Å². The Labute approximate surface area is 84.3 Å². The highest BCUT2D eigenvalue weighted by molar-refractivity contribution is 6.17. The fourth-order valence-electron chi connectivity index (χ4n) is 2.06. The second-order valence-corrected chi connectivity index (χ2v) is 3.85. The van der Waals surface area contributed by atoms with E-state index >= 15 is 0 Å². The van der Waals surface area contributed by atoms with Crippen molar-refractivity contribution in [3.8, 4) is 0 Å². The summed E-state index contributed by atoms with van der Waals surface area (Å²) in [5, 5.41) is 0. The van der Waals surface area contributed by atoms with E-state index in [-0.39, 0.29) is 0 Å². The molecule has 0 aromatic heterocycles. The van der Waals surface area contributed by atoms with Crippen LogP contribution >= 0.6 is 11.6 Å². The molecular weight excluding hydrogens is 182 g/mol. The van der Waals surface area contributed by atoms with Crippen LogP contribution in [0.2, 0.25) is 0 Å². The third-order valence-electron chi connectivity index (χ3n) is 2.67. The molecule has 1 aliphatic rings. The largest absolute Gasteiger partial charge is 0.374 e. The third-order valence-corrected chi connectivity index (χ3v) is 2.96. The summed E-state index contributed by atoms with van der Waals surface area (Å²) in [6.07, 6.45) is 2.46. The van der Waals surface area contributed by atoms with Crippen LogP contribution in [0.4, 0.5) is 5.69 Å². The highest BCUT2D eigenvalue weighted by Crippen LogP contribution is 2.30. The molecule has 13 heavy (non-hydrogen) atoms. The van der Waals surface area contributed by atoms with Crippen molar-refractivity contribution in [2.45, 2.75) is 18.7 Å². The number of hydrogen-bond donors (Lipinski definition) is 0. The van der Waals surface area contributed by atoms with Crippen LogP contribution in [0.5, 0.6) is 0 Å². The zero-order chi connectivity index (χ0) is 9.26. The topological polar surface area (TPSA) is 3.24 Å². The average Bonchev–Trinajstić information content (AvgIpc) is 2.17. The molecule has 2 heteroatoms. The number of fused-ring (bicyclic) bond motifs is 1. The maximum atomic E-state index is 5.90. The van der Waals surface area contributed by atoms with E-state index in [4.69, 9.17) is 11.6 Å². The van der Waals surface area contributed by atoms with E-state index in [1.165, 1.54) is 29.7 Å². The first-order chi connectivity index (χ1) is 6.33. The van der Waals surface area contributed by atoms with Gasteiger partial charge in [-0.1, -0.05) is 18.2 Å². The zero-order valence-corrected chi connectivity index (χ0v) is 8.64. The van der Waals surface area contributed by atoms with Crippen molar-refractivity contribution in [3.63, 3.8) is 0 Å². The molecule has 0 atom stereocenters. The molecule has 0 fully saturated rings. The van der Waals surface area contributed by atoms with E-state index in [1.807, 2.05) is 0 Å². The van der Waals surface area contributed by atoms with Crippen LogP contribution in [-0.4, -0.2) is 13.6 Å². The lowest BCUT2D eigenvalue weighted by molar-refractivity contribution is 0.741. The zero-order valence-electron chi connectivity index (χ0n) is 7.89. The standard InChI is InChI=1S/C11H14ClN/c1-13-7-3-6-9-4-2-5-10(8-12)11(9)13/h2,4-5H,3,6-8H2,1H3. The van der Waals surface area contributed by atoms with Gasteiger partial charge in [0.05, 0.1) is 0 Å². The van der Waals surface area contributed by atoms with Crippen LogP contribution in [0.1, 0.15) is 17.5 Å². The van der Waals surface area contributed by atoms with Crippen LogP contribution in [0.3, 0.4) is 0 Å². The van der Waals surface area contributed by atoms with Gasteiger partial charge in [0.2, 0.25) is 0 Å². The van der Waals surface area contributed by atoms with E-state index in [0.29, 0.717) is 5.88 Å². The van der Waals surface area contributed by atoms with Crippen molar-refractivity contribution in [1.29, 1.82) is 0 Å². The van der Waals surface area contributed by atoms with Gasteiger partial charge in [0, 0.05) is 25.2 Å². The number of halogens is 1. The minimum atomic E-state index is 0.619. The Morgan fingerprint density at radius 2 is 2.31 bits per heavy atom. The monoisotopic (exact) mass is 195 g/mol. The predicted molar refractivity (Wildman–Crippen MR) is 57.6 cm³/mol. The van der Waals surface area contributed by atoms with E-state index in [2.05, 4.69) is 30.1 Å². The number of rotatable bonds is 1. The molecule has 0 N–H and O–H groups in total. The normalized spacial score (nSPS) is 15.7. The SMILES string of the molecule is CN1CCCc2cccc(CCl)c21. The van der Waals surface area contributed by atoms with Gasteiger partial charge in [-0.3, -0.25) is 0 Å². The van der Waals surface area contributed by atoms with Gasteiger partial charge in [-0.2, -0.15) is 0 Å². The second kappa shape index (κ2) is 3.59. The summed E-state index contributed by atoms with van der Waals surface area (Å²) in [5.41, 5.74) is 4.08. The molecule has 0 spiro atoms. The van der Waals surface area contributed by atoms with Gasteiger partial charge in [0.1, 0.15) is 0 Å². The maximum absolute atomic E-state index is 5.90. The molecule has 1 nitrogen and oxygen atoms in total. The quantitative estimate of drug-likeness (QED) is 0.623. The van der Waals surface area contributed by atoms with E-state index in [1.54, 1.807) is 0 Å². The molecule has 0 aliphatic carbocycles. The lowest BCUT2D eigenvalue weighted by atomic mass is 9.99. The van der Waals surface area contributed by atoms with Crippen molar-refractivity contribution < 1.29 is 0 Å². The van der Waals surface area contributed by atoms with Crippen molar-refractivity contribution in [2.24, 2.45) is 0 Å². The summed E-state index contributed by atoms with van der Waals surface area (Å²) in [6.45, 7) is 1.15. The van der Waals surface area contributed by atoms with Crippen molar-refractivity contribution in [1.82, 2.24) is 0 Å². The Morgan fingerprint density at radius 1 is 1.46 bits per heavy atom. The Morgan fingerprint density at radius 3 is 3.08 bits per heavy atom. The van der Waals surface area contributed by atoms with E-state index in [0.717, 1.165) is 6.54 Å². The summed E-state index contributed by atoms with van der Waals surface area (Å²) >= 11 is 5.90. The summed E-state index contributed by atoms with van der Waals surface area (Å²) in [5.74, 6) is 0.619. The summed E-state index contributed by atoms with van der Waals surface area (Å²) in [7, 11) is 2.15. The fraction of sp³-hybridized carbons (Fsp3) is 0.455. The summed E-state index contributed by atoms with van der Waals surface area (Å²) in [4.78, 5) is 2.32. The molecule has 1 aromatic rings. The molecule has 1 aliphatic heterocycles. The van der Waals surface area contributed by atoms with Crippen LogP contribution in [-0.2, 0) is 12.3 Å². The Bertz CT molecular complexity index is 295. The Hall–Kier alpha value is -0.690. The van der Waals surface area contributed by atoms with E-state index < -0.39 is 0 Å². The maximum Gasteiger partial charge on any atom is 0.0494 e. The molecule has 1 heterocycles. The number of hydrogen-bond acceptors (Lipinski definition) is 1. The first kappa shape index (κ1) is 8.89. The fourth-order valence-corrected chi connectivity index (χ4v) is 2.28. The smallest absolute Gasteiger partial charge is 0.0494 e. The lowest BCUT2D eigenvalue weighted by Crippen LogP contribution is -2.25. The van der Waals surface area contributed by atoms with Gasteiger partial charge in [-0.05, 0) is 24.0 Å². The van der Waals surface area contributed by atoms with Gasteiger partial charge >= 0.3 is 0 Å². The lowest BCUT2D eigenvalue weighted by Gasteiger charge is -2.29. The van der Waals surface area contributed by atoms with Gasteiger partial charge in [-0.15, -0.1) is 11.6 Å². The average molecular weight is 196 g/mol. The third kappa shape index (κ3) is 1.53. The van der Waals surface area contributed by atoms with Crippen molar-refractivity contribution in [3.05, 3.63) is 29.3 Å². The van der Waals surface area contributed by atoms with Crippen LogP contribution in [0.25, 0.3) is 0 Å². The van der Waals surface area contributed by atoms with Crippen molar-refractivity contribution in [2.75, 3.05) is 18.5 Å². The van der Waals surface area contributed by atoms with Gasteiger partial charge in [0.15, 0.2) is 0 Å².